The number of carbonyl (C=O) groups is 14. The van der Waals surface area contributed by atoms with Crippen molar-refractivity contribution < 1.29 is 139 Å². The summed E-state index contributed by atoms with van der Waals surface area (Å²) in [6, 6.07) is 0. The van der Waals surface area contributed by atoms with Crippen LogP contribution >= 0.6 is 0 Å². The van der Waals surface area contributed by atoms with Crippen LogP contribution in [0, 0.1) is 45.3 Å². The van der Waals surface area contributed by atoms with Gasteiger partial charge < -0.3 is 71.4 Å². The number of aliphatic hydroxyl groups is 1. The zero-order chi connectivity index (χ0) is 101. The number of hydrogen-bond acceptors (Lipinski definition) is 29. The van der Waals surface area contributed by atoms with E-state index in [1.165, 1.54) is 28.4 Å². The lowest BCUT2D eigenvalue weighted by Gasteiger charge is -2.17. The van der Waals surface area contributed by atoms with E-state index in [4.69, 9.17) is 52.5 Å². The number of aliphatic hydroxyl groups excluding tert-OH is 1. The van der Waals surface area contributed by atoms with Gasteiger partial charge in [0.15, 0.2) is 0 Å². The number of rotatable bonds is 62. The summed E-state index contributed by atoms with van der Waals surface area (Å²) in [5.74, 6) is -2.14. The van der Waals surface area contributed by atoms with Gasteiger partial charge in [-0.25, -0.2) is 0 Å². The smallest absolute Gasteiger partial charge is 0.311 e. The monoisotopic (exact) mass is 1860 g/mol. The number of unbranched alkanes of at least 4 members (excludes halogenated alkanes) is 14. The third-order valence-electron chi connectivity index (χ3n) is 20.8. The fourth-order valence-electron chi connectivity index (χ4n) is 8.63. The Morgan fingerprint density at radius 1 is 0.217 bits per heavy atom. The Morgan fingerprint density at radius 3 is 0.535 bits per heavy atom. The SMILES string of the molecule is CCC(C)(C)C(=O)OC.CCC(C)(C)C(=O)OC.CCC(C)(C)C(=O)OC.CCC(C)(C)C(=O)OC.CCCC(=O)OCCOC(=O)CCCCCOC(=O)CCCCCOC(=O)CCCCCOC(=O)CCCCCOC(=O)CCCCCO.CCCCOC(=O)C(C)CC.CCCCOC(=O)C(C)CC.CCCCOC(=O)C(C)CC.CCCCOC(=O)C(C)CC. The molecule has 4 atom stereocenters. The molecule has 764 valence electrons. The number of ether oxygens (including phenoxy) is 14. The van der Waals surface area contributed by atoms with E-state index in [-0.39, 0.29) is 155 Å². The first kappa shape index (κ1) is 139. The predicted molar refractivity (Wildman–Crippen MR) is 506 cm³/mol. The minimum atomic E-state index is -0.342. The van der Waals surface area contributed by atoms with Gasteiger partial charge in [0.2, 0.25) is 0 Å². The van der Waals surface area contributed by atoms with Gasteiger partial charge in [0.25, 0.3) is 0 Å². The molecule has 0 heterocycles. The Morgan fingerprint density at radius 2 is 0.388 bits per heavy atom. The molecule has 1 N–H and O–H groups in total. The van der Waals surface area contributed by atoms with Gasteiger partial charge in [-0.1, -0.05) is 150 Å². The summed E-state index contributed by atoms with van der Waals surface area (Å²) >= 11 is 0. The van der Waals surface area contributed by atoms with Gasteiger partial charge in [0.05, 0.1) is 127 Å². The van der Waals surface area contributed by atoms with E-state index in [1.54, 1.807) is 0 Å². The van der Waals surface area contributed by atoms with Crippen LogP contribution in [0.5, 0.6) is 0 Å². The van der Waals surface area contributed by atoms with Crippen molar-refractivity contribution in [1.29, 1.82) is 0 Å². The molecule has 0 saturated heterocycles. The van der Waals surface area contributed by atoms with Crippen LogP contribution in [0.2, 0.25) is 0 Å². The Balaban J connectivity index is -0.000000207. The second-order valence-electron chi connectivity index (χ2n) is 34.1. The summed E-state index contributed by atoms with van der Waals surface area (Å²) < 4.78 is 69.0. The molecule has 0 aromatic carbocycles. The average Bonchev–Trinajstić information content (AvgIpc) is 0.912. The molecule has 0 amide bonds. The average molecular weight is 1860 g/mol. The van der Waals surface area contributed by atoms with E-state index in [1.807, 2.05) is 145 Å². The van der Waals surface area contributed by atoms with Crippen molar-refractivity contribution in [2.75, 3.05) is 101 Å². The molecule has 0 aliphatic rings. The minimum absolute atomic E-state index is 0.0538. The van der Waals surface area contributed by atoms with Crippen molar-refractivity contribution >= 4 is 83.6 Å². The zero-order valence-electron chi connectivity index (χ0n) is 86.8. The second-order valence-corrected chi connectivity index (χ2v) is 34.1. The summed E-state index contributed by atoms with van der Waals surface area (Å²) in [6.07, 6.45) is 28.1. The molecule has 0 spiro atoms. The van der Waals surface area contributed by atoms with E-state index in [2.05, 4.69) is 46.6 Å². The van der Waals surface area contributed by atoms with Crippen LogP contribution in [0.15, 0.2) is 0 Å². The van der Waals surface area contributed by atoms with Crippen LogP contribution in [0.25, 0.3) is 0 Å². The highest BCUT2D eigenvalue weighted by Crippen LogP contribution is 2.24. The first-order chi connectivity index (χ1) is 60.8. The van der Waals surface area contributed by atoms with E-state index in [0.717, 1.165) is 141 Å². The van der Waals surface area contributed by atoms with Gasteiger partial charge >= 0.3 is 83.6 Å². The van der Waals surface area contributed by atoms with Crippen molar-refractivity contribution in [2.24, 2.45) is 45.3 Å². The van der Waals surface area contributed by atoms with Crippen molar-refractivity contribution in [1.82, 2.24) is 0 Å². The van der Waals surface area contributed by atoms with Crippen molar-refractivity contribution in [3.63, 3.8) is 0 Å². The molecule has 4 unspecified atom stereocenters. The van der Waals surface area contributed by atoms with Crippen molar-refractivity contribution in [3.8, 4) is 0 Å². The summed E-state index contributed by atoms with van der Waals surface area (Å²) in [5.41, 5.74) is -1.24. The van der Waals surface area contributed by atoms with Gasteiger partial charge in [-0.15, -0.1) is 0 Å². The summed E-state index contributed by atoms with van der Waals surface area (Å²) in [7, 11) is 5.67. The fourth-order valence-corrected chi connectivity index (χ4v) is 8.63. The normalized spacial score (nSPS) is 11.5. The molecule has 29 heteroatoms. The van der Waals surface area contributed by atoms with E-state index >= 15 is 0 Å². The Hall–Kier alpha value is -7.46. The molecule has 0 aromatic rings. The van der Waals surface area contributed by atoms with E-state index in [9.17, 15) is 67.1 Å². The number of carbonyl (C=O) groups excluding carboxylic acids is 14. The molecule has 0 saturated carbocycles. The molecule has 0 bridgehead atoms. The van der Waals surface area contributed by atoms with Gasteiger partial charge in [-0.2, -0.15) is 0 Å². The zero-order valence-corrected chi connectivity index (χ0v) is 86.8. The highest BCUT2D eigenvalue weighted by molar-refractivity contribution is 5.78. The van der Waals surface area contributed by atoms with Gasteiger partial charge in [0, 0.05) is 45.1 Å². The quantitative estimate of drug-likeness (QED) is 0.0336. The lowest BCUT2D eigenvalue weighted by Crippen LogP contribution is -2.24. The summed E-state index contributed by atoms with van der Waals surface area (Å²) in [5, 5.41) is 8.72. The molecule has 0 fully saturated rings. The number of hydrogen-bond donors (Lipinski definition) is 1. The van der Waals surface area contributed by atoms with Gasteiger partial charge in [-0.3, -0.25) is 67.1 Å². The molecular formula is C100H190O29. The highest BCUT2D eigenvalue weighted by atomic mass is 16.6. The minimum Gasteiger partial charge on any atom is -0.469 e. The molecule has 0 radical (unpaired) electrons. The molecule has 0 rings (SSSR count). The number of esters is 14. The third-order valence-corrected chi connectivity index (χ3v) is 20.8. The van der Waals surface area contributed by atoms with E-state index in [0.29, 0.717) is 149 Å². The van der Waals surface area contributed by atoms with Crippen LogP contribution < -0.4 is 0 Å². The Kier molecular flexibility index (Phi) is 104. The number of methoxy groups -OCH3 is 4. The van der Waals surface area contributed by atoms with E-state index < -0.39 is 0 Å². The van der Waals surface area contributed by atoms with Gasteiger partial charge in [-0.05, 0) is 229 Å². The highest BCUT2D eigenvalue weighted by Gasteiger charge is 2.29. The lowest BCUT2D eigenvalue weighted by molar-refractivity contribution is -0.152. The molecule has 0 aromatic heterocycles. The molecular weight excluding hydrogens is 1670 g/mol. The summed E-state index contributed by atoms with van der Waals surface area (Å²) in [6.45, 7) is 52.5. The largest absolute Gasteiger partial charge is 0.469 e. The van der Waals surface area contributed by atoms with Crippen LogP contribution in [0.1, 0.15) is 417 Å². The Labute approximate surface area is 782 Å². The molecule has 0 aliphatic heterocycles. The van der Waals surface area contributed by atoms with Crippen molar-refractivity contribution in [3.05, 3.63) is 0 Å². The first-order valence-corrected chi connectivity index (χ1v) is 48.4. The van der Waals surface area contributed by atoms with Crippen LogP contribution in [0.3, 0.4) is 0 Å². The third kappa shape index (κ3) is 96.4. The Bertz CT molecular complexity index is 2550. The van der Waals surface area contributed by atoms with Gasteiger partial charge in [0.1, 0.15) is 13.2 Å². The fraction of sp³-hybridized carbons (Fsp3) is 0.860. The predicted octanol–water partition coefficient (Wildman–Crippen LogP) is 21.7. The molecule has 0 aliphatic carbocycles. The topological polar surface area (TPSA) is 388 Å². The second kappa shape index (κ2) is 96.6. The van der Waals surface area contributed by atoms with Crippen molar-refractivity contribution in [2.45, 2.75) is 417 Å². The standard InChI is InChI=1S/C36H62O13.4C9H18O2.4C7H14O2/c1-2-18-31(38)48-29-30-49-36(43)23-12-7-17-28-47-35(42)22-11-6-16-27-46-34(41)21-10-5-15-26-45-33(40)20-9-4-14-25-44-32(39)19-8-3-13-24-37;4*1-4-6-7-11-9(10)8(3)5-2;4*1-5-7(2,3)6(8)9-4/h37H,2-30H2,1H3;4*8H,4-7H2,1-3H3;4*5H2,1-4H3. The molecule has 29 nitrogen and oxygen atoms in total. The molecule has 129 heavy (non-hydrogen) atoms. The van der Waals surface area contributed by atoms with Crippen LogP contribution in [-0.2, 0) is 133 Å². The maximum absolute atomic E-state index is 11.9. The van der Waals surface area contributed by atoms with Crippen LogP contribution in [-0.4, -0.2) is 190 Å². The van der Waals surface area contributed by atoms with Crippen LogP contribution in [0.4, 0.5) is 0 Å². The maximum Gasteiger partial charge on any atom is 0.311 e. The maximum atomic E-state index is 11.9. The lowest BCUT2D eigenvalue weighted by atomic mass is 9.91. The first-order valence-electron chi connectivity index (χ1n) is 48.4. The summed E-state index contributed by atoms with van der Waals surface area (Å²) in [4.78, 5) is 158.